The van der Waals surface area contributed by atoms with Gasteiger partial charge in [-0.3, -0.25) is 4.79 Å². The molecule has 0 radical (unpaired) electrons. The van der Waals surface area contributed by atoms with Gasteiger partial charge >= 0.3 is 0 Å². The zero-order valence-electron chi connectivity index (χ0n) is 13.3. The second kappa shape index (κ2) is 6.60. The van der Waals surface area contributed by atoms with Crippen molar-refractivity contribution in [2.24, 2.45) is 5.92 Å². The van der Waals surface area contributed by atoms with Gasteiger partial charge in [0, 0.05) is 31.4 Å². The summed E-state index contributed by atoms with van der Waals surface area (Å²) in [6, 6.07) is 5.47. The van der Waals surface area contributed by atoms with Gasteiger partial charge in [-0.05, 0) is 31.0 Å². The Morgan fingerprint density at radius 3 is 2.96 bits per heavy atom. The van der Waals surface area contributed by atoms with Gasteiger partial charge in [0.2, 0.25) is 5.95 Å². The molecule has 126 valence electrons. The summed E-state index contributed by atoms with van der Waals surface area (Å²) in [6.45, 7) is 2.04. The van der Waals surface area contributed by atoms with Crippen molar-refractivity contribution in [2.75, 3.05) is 24.6 Å². The Morgan fingerprint density at radius 1 is 1.29 bits per heavy atom. The number of aromatic nitrogens is 2. The maximum absolute atomic E-state index is 12.0. The van der Waals surface area contributed by atoms with Crippen molar-refractivity contribution >= 4 is 11.9 Å². The summed E-state index contributed by atoms with van der Waals surface area (Å²) < 4.78 is 11.1. The first-order valence-corrected chi connectivity index (χ1v) is 8.30. The van der Waals surface area contributed by atoms with E-state index in [0.29, 0.717) is 24.8 Å². The number of hydrogen-bond acceptors (Lipinski definition) is 6. The van der Waals surface area contributed by atoms with E-state index in [1.165, 1.54) is 6.26 Å². The lowest BCUT2D eigenvalue weighted by Gasteiger charge is -2.39. The Morgan fingerprint density at radius 2 is 2.17 bits per heavy atom. The molecule has 7 heteroatoms. The molecule has 1 N–H and O–H groups in total. The highest BCUT2D eigenvalue weighted by Crippen LogP contribution is 2.35. The normalized spacial score (nSPS) is 26.2. The monoisotopic (exact) mass is 328 g/mol. The summed E-state index contributed by atoms with van der Waals surface area (Å²) in [4.78, 5) is 23.0. The fourth-order valence-electron chi connectivity index (χ4n) is 3.69. The molecule has 0 aromatic carbocycles. The summed E-state index contributed by atoms with van der Waals surface area (Å²) >= 11 is 0. The van der Waals surface area contributed by atoms with E-state index in [1.54, 1.807) is 24.5 Å². The van der Waals surface area contributed by atoms with E-state index < -0.39 is 0 Å². The van der Waals surface area contributed by atoms with Crippen LogP contribution in [0.25, 0.3) is 0 Å². The largest absolute Gasteiger partial charge is 0.459 e. The van der Waals surface area contributed by atoms with Crippen LogP contribution in [-0.2, 0) is 4.74 Å². The van der Waals surface area contributed by atoms with Gasteiger partial charge in [0.1, 0.15) is 0 Å². The van der Waals surface area contributed by atoms with Crippen molar-refractivity contribution in [2.45, 2.75) is 25.0 Å². The summed E-state index contributed by atoms with van der Waals surface area (Å²) in [5.74, 6) is 1.22. The highest BCUT2D eigenvalue weighted by molar-refractivity contribution is 5.91. The first kappa shape index (κ1) is 15.1. The number of carbonyl (C=O) groups excluding carboxylic acids is 1. The number of amides is 1. The number of hydrogen-bond donors (Lipinski definition) is 1. The van der Waals surface area contributed by atoms with Crippen LogP contribution in [0.2, 0.25) is 0 Å². The predicted molar refractivity (Wildman–Crippen MR) is 86.7 cm³/mol. The average molecular weight is 328 g/mol. The summed E-state index contributed by atoms with van der Waals surface area (Å²) in [5, 5.41) is 2.95. The molecule has 2 fully saturated rings. The quantitative estimate of drug-likeness (QED) is 0.916. The van der Waals surface area contributed by atoms with Crippen LogP contribution in [0.1, 0.15) is 23.4 Å². The number of nitrogens with zero attached hydrogens (tertiary/aromatic N) is 3. The second-order valence-corrected chi connectivity index (χ2v) is 6.17. The molecule has 4 rings (SSSR count). The minimum absolute atomic E-state index is 0.0967. The fourth-order valence-corrected chi connectivity index (χ4v) is 3.69. The predicted octanol–water partition coefficient (Wildman–Crippen LogP) is 1.48. The molecule has 1 aliphatic heterocycles. The van der Waals surface area contributed by atoms with Gasteiger partial charge in [0.15, 0.2) is 5.76 Å². The minimum atomic E-state index is -0.178. The maximum atomic E-state index is 12.0. The number of anilines is 1. The number of nitrogens with one attached hydrogen (secondary N) is 1. The van der Waals surface area contributed by atoms with Gasteiger partial charge in [-0.1, -0.05) is 0 Å². The van der Waals surface area contributed by atoms with Crippen LogP contribution in [0.4, 0.5) is 5.95 Å². The fraction of sp³-hybridized carbons (Fsp3) is 0.471. The zero-order valence-corrected chi connectivity index (χ0v) is 13.3. The van der Waals surface area contributed by atoms with Crippen LogP contribution in [0.5, 0.6) is 0 Å². The molecule has 0 spiro atoms. The average Bonchev–Trinajstić information content (AvgIpc) is 3.30. The van der Waals surface area contributed by atoms with Gasteiger partial charge in [-0.2, -0.15) is 0 Å². The smallest absolute Gasteiger partial charge is 0.286 e. The Labute approximate surface area is 140 Å². The number of carbonyl (C=O) groups is 1. The zero-order chi connectivity index (χ0) is 16.4. The molecule has 2 aromatic heterocycles. The second-order valence-electron chi connectivity index (χ2n) is 6.17. The maximum Gasteiger partial charge on any atom is 0.286 e. The van der Waals surface area contributed by atoms with Crippen LogP contribution >= 0.6 is 0 Å². The minimum Gasteiger partial charge on any atom is -0.459 e. The van der Waals surface area contributed by atoms with E-state index in [4.69, 9.17) is 9.15 Å². The third-order valence-electron chi connectivity index (χ3n) is 4.80. The van der Waals surface area contributed by atoms with E-state index in [2.05, 4.69) is 20.2 Å². The molecule has 0 unspecified atom stereocenters. The molecule has 1 saturated heterocycles. The van der Waals surface area contributed by atoms with Crippen molar-refractivity contribution in [1.82, 2.24) is 15.3 Å². The van der Waals surface area contributed by atoms with Gasteiger partial charge in [0.25, 0.3) is 5.91 Å². The molecule has 1 aliphatic carbocycles. The van der Waals surface area contributed by atoms with E-state index >= 15 is 0 Å². The first-order valence-electron chi connectivity index (χ1n) is 8.30. The van der Waals surface area contributed by atoms with E-state index in [-0.39, 0.29) is 18.1 Å². The van der Waals surface area contributed by atoms with Crippen molar-refractivity contribution in [1.29, 1.82) is 0 Å². The Kier molecular flexibility index (Phi) is 4.17. The molecule has 3 heterocycles. The van der Waals surface area contributed by atoms with Crippen LogP contribution in [0, 0.1) is 5.92 Å². The van der Waals surface area contributed by atoms with Crippen LogP contribution in [-0.4, -0.2) is 47.7 Å². The lowest BCUT2D eigenvalue weighted by molar-refractivity contribution is -0.00175. The first-order chi connectivity index (χ1) is 11.8. The van der Waals surface area contributed by atoms with Gasteiger partial charge in [-0.15, -0.1) is 0 Å². The summed E-state index contributed by atoms with van der Waals surface area (Å²) in [7, 11) is 0. The third-order valence-corrected chi connectivity index (χ3v) is 4.80. The number of fused-ring (bicyclic) bond motifs is 1. The van der Waals surface area contributed by atoms with Crippen molar-refractivity contribution in [3.05, 3.63) is 42.6 Å². The highest BCUT2D eigenvalue weighted by atomic mass is 16.5. The molecule has 3 atom stereocenters. The Balaban J connectivity index is 1.40. The van der Waals surface area contributed by atoms with Crippen molar-refractivity contribution < 1.29 is 13.9 Å². The lowest BCUT2D eigenvalue weighted by Crippen LogP contribution is -2.52. The van der Waals surface area contributed by atoms with Gasteiger partial charge in [-0.25, -0.2) is 9.97 Å². The van der Waals surface area contributed by atoms with E-state index in [0.717, 1.165) is 25.3 Å². The topological polar surface area (TPSA) is 80.5 Å². The van der Waals surface area contributed by atoms with Gasteiger partial charge < -0.3 is 19.4 Å². The van der Waals surface area contributed by atoms with Crippen molar-refractivity contribution in [3.8, 4) is 0 Å². The Bertz CT molecular complexity index is 676. The van der Waals surface area contributed by atoms with Gasteiger partial charge in [0.05, 0.1) is 25.0 Å². The SMILES string of the molecule is O=C(NC[C@@H]1CC[C@@H]2[C@@H]1OCCN2c1ncccn1)c1ccco1. The van der Waals surface area contributed by atoms with Crippen LogP contribution < -0.4 is 10.2 Å². The number of morpholine rings is 1. The molecule has 1 saturated carbocycles. The molecule has 2 aliphatic rings. The lowest BCUT2D eigenvalue weighted by atomic mass is 10.0. The third kappa shape index (κ3) is 2.87. The molecule has 0 bridgehead atoms. The molecule has 1 amide bonds. The number of furan rings is 1. The number of ether oxygens (including phenoxy) is 1. The van der Waals surface area contributed by atoms with E-state index in [1.807, 2.05) is 6.07 Å². The highest BCUT2D eigenvalue weighted by Gasteiger charge is 2.43. The molecular formula is C17H20N4O3. The molecule has 2 aromatic rings. The molecule has 7 nitrogen and oxygen atoms in total. The summed E-state index contributed by atoms with van der Waals surface area (Å²) in [5.41, 5.74) is 0. The van der Waals surface area contributed by atoms with Crippen molar-refractivity contribution in [3.63, 3.8) is 0 Å². The van der Waals surface area contributed by atoms with Crippen LogP contribution in [0.3, 0.4) is 0 Å². The summed E-state index contributed by atoms with van der Waals surface area (Å²) in [6.07, 6.45) is 7.16. The van der Waals surface area contributed by atoms with E-state index in [9.17, 15) is 4.79 Å². The Hall–Kier alpha value is -2.41. The molecule has 24 heavy (non-hydrogen) atoms. The van der Waals surface area contributed by atoms with Crippen LogP contribution in [0.15, 0.2) is 41.3 Å². The standard InChI is InChI=1S/C17H20N4O3/c22-16(14-3-1-9-23-14)20-11-12-4-5-13-15(12)24-10-8-21(13)17-18-6-2-7-19-17/h1-3,6-7,9,12-13,15H,4-5,8,10-11H2,(H,20,22)/t12-,13+,15+/m0/s1. The molecular weight excluding hydrogens is 308 g/mol. The number of rotatable bonds is 4.